The summed E-state index contributed by atoms with van der Waals surface area (Å²) in [6.07, 6.45) is 3.73. The fraction of sp³-hybridized carbons (Fsp3) is 0.364. The van der Waals surface area contributed by atoms with Crippen molar-refractivity contribution in [2.45, 2.75) is 32.4 Å². The molecule has 0 spiro atoms. The van der Waals surface area contributed by atoms with Gasteiger partial charge >= 0.3 is 5.97 Å². The minimum atomic E-state index is -0.419. The summed E-state index contributed by atoms with van der Waals surface area (Å²) in [5.41, 5.74) is 2.60. The predicted octanol–water partition coefficient (Wildman–Crippen LogP) is 4.76. The highest BCUT2D eigenvalue weighted by molar-refractivity contribution is 7.93. The maximum Gasteiger partial charge on any atom is 0.355 e. The number of carbonyl (C=O) groups is 1. The fourth-order valence-electron chi connectivity index (χ4n) is 2.87. The van der Waals surface area contributed by atoms with Crippen LogP contribution < -0.4 is 8.92 Å². The van der Waals surface area contributed by atoms with E-state index in [0.29, 0.717) is 22.7 Å². The number of benzene rings is 1. The molecule has 6 nitrogen and oxygen atoms in total. The molecule has 29 heavy (non-hydrogen) atoms. The highest BCUT2D eigenvalue weighted by Crippen LogP contribution is 2.39. The molecule has 3 rings (SSSR count). The third-order valence-electron chi connectivity index (χ3n) is 4.57. The van der Waals surface area contributed by atoms with Gasteiger partial charge in [-0.1, -0.05) is 0 Å². The van der Waals surface area contributed by atoms with Gasteiger partial charge in [0, 0.05) is 28.2 Å². The molecule has 7 heteroatoms. The van der Waals surface area contributed by atoms with Crippen LogP contribution in [-0.4, -0.2) is 40.7 Å². The molecule has 2 aromatic heterocycles. The normalized spacial score (nSPS) is 12.6. The second-order valence-corrected chi connectivity index (χ2v) is 9.81. The first-order valence-corrected chi connectivity index (χ1v) is 11.0. The summed E-state index contributed by atoms with van der Waals surface area (Å²) in [5.74, 6) is 0.768. The molecular formula is C22H27N2O4S+. The topological polar surface area (TPSA) is 73.4 Å². The number of methoxy groups -OCH3 is 1. The molecule has 0 saturated heterocycles. The zero-order valence-electron chi connectivity index (χ0n) is 17.7. The molecular weight excluding hydrogens is 388 g/mol. The molecule has 154 valence electrons. The maximum atomic E-state index is 12.7. The van der Waals surface area contributed by atoms with Gasteiger partial charge in [-0.15, -0.1) is 0 Å². The number of hydrogen-bond donors (Lipinski definition) is 1. The van der Waals surface area contributed by atoms with Gasteiger partial charge in [0.2, 0.25) is 5.88 Å². The maximum absolute atomic E-state index is 12.7. The highest BCUT2D eigenvalue weighted by atomic mass is 32.2. The van der Waals surface area contributed by atoms with E-state index in [4.69, 9.17) is 13.7 Å². The molecule has 0 saturated carbocycles. The number of carbonyl (C=O) groups excluding carboxylic acids is 1. The fourth-order valence-corrected chi connectivity index (χ4v) is 3.51. The van der Waals surface area contributed by atoms with E-state index in [9.17, 15) is 4.79 Å². The summed E-state index contributed by atoms with van der Waals surface area (Å²) in [5, 5.41) is 0.850. The number of nitrogens with one attached hydrogen (secondary N) is 1. The summed E-state index contributed by atoms with van der Waals surface area (Å²) < 4.78 is 16.9. The molecule has 0 aliphatic rings. The van der Waals surface area contributed by atoms with Gasteiger partial charge in [-0.25, -0.2) is 9.78 Å². The second-order valence-electron chi connectivity index (χ2n) is 7.51. The van der Waals surface area contributed by atoms with E-state index in [-0.39, 0.29) is 22.5 Å². The molecule has 3 aromatic rings. The summed E-state index contributed by atoms with van der Waals surface area (Å²) in [4.78, 5) is 20.1. The molecule has 0 amide bonds. The van der Waals surface area contributed by atoms with Gasteiger partial charge in [0.25, 0.3) is 0 Å². The van der Waals surface area contributed by atoms with Crippen molar-refractivity contribution < 1.29 is 18.5 Å². The minimum Gasteiger partial charge on any atom is -0.481 e. The Bertz CT molecular complexity index is 1020. The number of hydrogen-bond acceptors (Lipinski definition) is 5. The molecule has 0 fully saturated rings. The molecule has 1 atom stereocenters. The van der Waals surface area contributed by atoms with Crippen LogP contribution in [0.4, 0.5) is 0 Å². The summed E-state index contributed by atoms with van der Waals surface area (Å²) in [6.45, 7) is 8.52. The molecule has 0 bridgehead atoms. The van der Waals surface area contributed by atoms with Crippen molar-refractivity contribution in [2.75, 3.05) is 20.0 Å². The lowest BCUT2D eigenvalue weighted by Crippen LogP contribution is -2.31. The smallest absolute Gasteiger partial charge is 0.355 e. The number of fused-ring (bicyclic) bond motifs is 1. The summed E-state index contributed by atoms with van der Waals surface area (Å²) in [7, 11) is 1.56. The third kappa shape index (κ3) is 4.34. The Morgan fingerprint density at radius 2 is 2.00 bits per heavy atom. The first-order chi connectivity index (χ1) is 13.8. The van der Waals surface area contributed by atoms with Crippen LogP contribution in [0.25, 0.3) is 22.0 Å². The first-order valence-electron chi connectivity index (χ1n) is 9.42. The number of nitrogens with zero attached hydrogens (tertiary/aromatic N) is 1. The lowest BCUT2D eigenvalue weighted by Gasteiger charge is -2.16. The number of rotatable bonds is 6. The first kappa shape index (κ1) is 21.0. The van der Waals surface area contributed by atoms with Crippen LogP contribution in [0.15, 0.2) is 36.5 Å². The lowest BCUT2D eigenvalue weighted by atomic mass is 10.0. The summed E-state index contributed by atoms with van der Waals surface area (Å²) in [6, 6.07) is 9.47. The Morgan fingerprint density at radius 3 is 2.66 bits per heavy atom. The van der Waals surface area contributed by atoms with Gasteiger partial charge in [0.05, 0.1) is 13.7 Å². The lowest BCUT2D eigenvalue weighted by molar-refractivity contribution is 0.0521. The van der Waals surface area contributed by atoms with E-state index >= 15 is 0 Å². The third-order valence-corrected chi connectivity index (χ3v) is 6.73. The number of ether oxygens (including phenoxy) is 2. The SMILES string of the molecule is CCOC(=O)c1[nH]c2ccc(O[S+](C)C(C)(C)C)cc2c1-c1cccnc1OC. The van der Waals surface area contributed by atoms with Gasteiger partial charge in [-0.05, 0) is 58.0 Å². The Balaban J connectivity index is 2.20. The zero-order valence-corrected chi connectivity index (χ0v) is 18.5. The van der Waals surface area contributed by atoms with Crippen molar-refractivity contribution in [1.29, 1.82) is 0 Å². The molecule has 1 aromatic carbocycles. The van der Waals surface area contributed by atoms with Gasteiger partial charge in [0.15, 0.2) is 21.7 Å². The monoisotopic (exact) mass is 415 g/mol. The molecule has 1 unspecified atom stereocenters. The van der Waals surface area contributed by atoms with Crippen LogP contribution >= 0.6 is 0 Å². The van der Waals surface area contributed by atoms with Gasteiger partial charge < -0.3 is 14.5 Å². The molecule has 1 N–H and O–H groups in total. The van der Waals surface area contributed by atoms with Crippen molar-refractivity contribution in [1.82, 2.24) is 9.97 Å². The number of aromatic amines is 1. The average molecular weight is 416 g/mol. The van der Waals surface area contributed by atoms with Crippen LogP contribution in [0.5, 0.6) is 11.6 Å². The molecule has 0 aliphatic carbocycles. The van der Waals surface area contributed by atoms with E-state index in [1.807, 2.05) is 30.3 Å². The highest BCUT2D eigenvalue weighted by Gasteiger charge is 2.33. The Hall–Kier alpha value is -2.67. The van der Waals surface area contributed by atoms with Gasteiger partial charge in [-0.2, -0.15) is 0 Å². The quantitative estimate of drug-likeness (QED) is 0.464. The van der Waals surface area contributed by atoms with E-state index in [0.717, 1.165) is 16.7 Å². The average Bonchev–Trinajstić information content (AvgIpc) is 3.06. The van der Waals surface area contributed by atoms with Crippen molar-refractivity contribution in [3.63, 3.8) is 0 Å². The van der Waals surface area contributed by atoms with Crippen LogP contribution in [0.3, 0.4) is 0 Å². The van der Waals surface area contributed by atoms with E-state index in [2.05, 4.69) is 37.0 Å². The van der Waals surface area contributed by atoms with Gasteiger partial charge in [0.1, 0.15) is 11.9 Å². The number of H-pyrrole nitrogens is 1. The van der Waals surface area contributed by atoms with E-state index < -0.39 is 5.97 Å². The van der Waals surface area contributed by atoms with Crippen LogP contribution in [0, 0.1) is 0 Å². The molecule has 0 radical (unpaired) electrons. The second kappa shape index (κ2) is 8.37. The van der Waals surface area contributed by atoms with Crippen molar-refractivity contribution in [3.05, 3.63) is 42.2 Å². The van der Waals surface area contributed by atoms with Crippen molar-refractivity contribution >= 4 is 28.0 Å². The Labute approximate surface area is 174 Å². The van der Waals surface area contributed by atoms with Crippen LogP contribution in [0.1, 0.15) is 38.2 Å². The standard InChI is InChI=1S/C22H26N2O4S/c1-7-27-21(25)19-18(15-9-8-12-23-20(15)26-5)16-13-14(10-11-17(16)24-19)28-29(6)22(2,3)4/h8-13H,7H2,1-6H3/p+1. The minimum absolute atomic E-state index is 0.0264. The summed E-state index contributed by atoms with van der Waals surface area (Å²) >= 11 is -0.282. The van der Waals surface area contributed by atoms with E-state index in [1.54, 1.807) is 20.2 Å². The Kier molecular flexibility index (Phi) is 6.07. The zero-order chi connectivity index (χ0) is 21.2. The van der Waals surface area contributed by atoms with Crippen LogP contribution in [-0.2, 0) is 15.9 Å². The predicted molar refractivity (Wildman–Crippen MR) is 118 cm³/mol. The van der Waals surface area contributed by atoms with E-state index in [1.165, 1.54) is 0 Å². The van der Waals surface area contributed by atoms with Crippen molar-refractivity contribution in [2.24, 2.45) is 0 Å². The number of pyridine rings is 1. The van der Waals surface area contributed by atoms with Gasteiger partial charge in [-0.3, -0.25) is 4.18 Å². The van der Waals surface area contributed by atoms with Crippen molar-refractivity contribution in [3.8, 4) is 22.8 Å². The van der Waals surface area contributed by atoms with Crippen LogP contribution in [0.2, 0.25) is 0 Å². The number of aromatic nitrogens is 2. The number of esters is 1. The molecule has 0 aliphatic heterocycles. The molecule has 2 heterocycles. The largest absolute Gasteiger partial charge is 0.481 e. The Morgan fingerprint density at radius 1 is 1.24 bits per heavy atom.